The molecule has 4 heteroatoms. The van der Waals surface area contributed by atoms with Gasteiger partial charge in [-0.2, -0.15) is 0 Å². The maximum absolute atomic E-state index is 9.13. The normalized spacial score (nSPS) is 71.2. The summed E-state index contributed by atoms with van der Waals surface area (Å²) in [6.07, 6.45) is 1.29. The summed E-state index contributed by atoms with van der Waals surface area (Å²) < 4.78 is 0. The summed E-state index contributed by atoms with van der Waals surface area (Å²) in [5.74, 6) is 4.76. The lowest BCUT2D eigenvalue weighted by Crippen LogP contribution is -2.48. The van der Waals surface area contributed by atoms with Crippen molar-refractivity contribution in [3.63, 3.8) is 0 Å². The zero-order valence-corrected chi connectivity index (χ0v) is 8.11. The summed E-state index contributed by atoms with van der Waals surface area (Å²) in [5, 5.41) is 25.4. The van der Waals surface area contributed by atoms with Gasteiger partial charge >= 0.3 is 0 Å². The molecule has 5 rings (SSSR count). The molecule has 0 heterocycles. The lowest BCUT2D eigenvalue weighted by Gasteiger charge is -2.44. The second-order valence-electron chi connectivity index (χ2n) is 5.87. The van der Waals surface area contributed by atoms with E-state index in [9.17, 15) is 0 Å². The van der Waals surface area contributed by atoms with E-state index in [0.717, 1.165) is 35.1 Å². The van der Waals surface area contributed by atoms with Crippen molar-refractivity contribution >= 4 is 11.4 Å². The Labute approximate surface area is 86.6 Å². The molecule has 4 nitrogen and oxygen atoms in total. The zero-order valence-electron chi connectivity index (χ0n) is 8.11. The van der Waals surface area contributed by atoms with Crippen molar-refractivity contribution < 1.29 is 10.4 Å². The Morgan fingerprint density at radius 2 is 1.27 bits per heavy atom. The molecular weight excluding hydrogens is 192 g/mol. The largest absolute Gasteiger partial charge is 0.411 e. The first-order valence-corrected chi connectivity index (χ1v) is 5.82. The quantitative estimate of drug-likeness (QED) is 0.457. The predicted octanol–water partition coefficient (Wildman–Crippen LogP) is 1.03. The van der Waals surface area contributed by atoms with E-state index in [2.05, 4.69) is 10.3 Å². The maximum atomic E-state index is 9.13. The van der Waals surface area contributed by atoms with E-state index in [4.69, 9.17) is 10.4 Å². The summed E-state index contributed by atoms with van der Waals surface area (Å²) >= 11 is 0. The number of rotatable bonds is 0. The number of fused-ring (bicyclic) bond motifs is 2. The van der Waals surface area contributed by atoms with Gasteiger partial charge in [-0.05, 0) is 30.1 Å². The van der Waals surface area contributed by atoms with E-state index >= 15 is 0 Å². The van der Waals surface area contributed by atoms with Crippen LogP contribution in [0.3, 0.4) is 0 Å². The van der Waals surface area contributed by atoms with Crippen LogP contribution in [-0.2, 0) is 0 Å². The Kier molecular flexibility index (Phi) is 0.874. The highest BCUT2D eigenvalue weighted by atomic mass is 16.4. The molecule has 5 aliphatic carbocycles. The predicted molar refractivity (Wildman–Crippen MR) is 51.0 cm³/mol. The van der Waals surface area contributed by atoms with E-state index in [-0.39, 0.29) is 0 Å². The molecule has 0 aromatic heterocycles. The molecule has 0 saturated heterocycles. The van der Waals surface area contributed by atoms with Crippen molar-refractivity contribution in [1.82, 2.24) is 0 Å². The fourth-order valence-corrected chi connectivity index (χ4v) is 6.13. The van der Waals surface area contributed by atoms with Gasteiger partial charge in [-0.1, -0.05) is 10.3 Å². The molecule has 0 aliphatic heterocycles. The first-order valence-electron chi connectivity index (χ1n) is 5.82. The van der Waals surface area contributed by atoms with Crippen LogP contribution in [-0.4, -0.2) is 21.8 Å². The number of hydrogen-bond acceptors (Lipinski definition) is 4. The van der Waals surface area contributed by atoms with E-state index in [1.807, 2.05) is 0 Å². The number of hydrogen-bond donors (Lipinski definition) is 2. The van der Waals surface area contributed by atoms with E-state index in [0.29, 0.717) is 23.7 Å². The molecule has 0 amide bonds. The Morgan fingerprint density at radius 3 is 1.67 bits per heavy atom. The van der Waals surface area contributed by atoms with Gasteiger partial charge in [0, 0.05) is 23.7 Å². The van der Waals surface area contributed by atoms with Crippen LogP contribution in [0.2, 0.25) is 0 Å². The van der Waals surface area contributed by atoms with Crippen molar-refractivity contribution in [2.75, 3.05) is 0 Å². The van der Waals surface area contributed by atoms with Crippen molar-refractivity contribution in [1.29, 1.82) is 0 Å². The van der Waals surface area contributed by atoms with Gasteiger partial charge in [0.25, 0.3) is 0 Å². The third-order valence-corrected chi connectivity index (χ3v) is 6.10. The van der Waals surface area contributed by atoms with Crippen LogP contribution < -0.4 is 0 Å². The van der Waals surface area contributed by atoms with Crippen molar-refractivity contribution in [2.45, 2.75) is 6.42 Å². The highest BCUT2D eigenvalue weighted by molar-refractivity contribution is 6.10. The molecule has 15 heavy (non-hydrogen) atoms. The van der Waals surface area contributed by atoms with Crippen LogP contribution in [0.5, 0.6) is 0 Å². The second kappa shape index (κ2) is 1.81. The Hall–Kier alpha value is -1.06. The molecule has 0 aromatic carbocycles. The first kappa shape index (κ1) is 7.25. The molecule has 0 aromatic rings. The van der Waals surface area contributed by atoms with Crippen LogP contribution in [0, 0.1) is 47.3 Å². The molecule has 8 atom stereocenters. The lowest BCUT2D eigenvalue weighted by molar-refractivity contribution is 0.0644. The maximum Gasteiger partial charge on any atom is 0.0651 e. The summed E-state index contributed by atoms with van der Waals surface area (Å²) in [6, 6.07) is 0. The molecule has 78 valence electrons. The Balaban J connectivity index is 1.83. The molecule has 2 N–H and O–H groups in total. The second-order valence-corrected chi connectivity index (χ2v) is 5.87. The monoisotopic (exact) mass is 204 g/mol. The topological polar surface area (TPSA) is 65.2 Å². The molecule has 2 bridgehead atoms. The summed E-state index contributed by atoms with van der Waals surface area (Å²) in [6.45, 7) is 0. The standard InChI is InChI=1S/C11H12N2O2/c14-12-10-6-2-1-3-5-4(2)8(10)9(5)11(13-15)7(3)6/h2-9,14-15H,1H2/b12-10-,13-11+/t2-,3+,4-,5+,6+,7-,8+,9+/m1/s1. The minimum atomic E-state index is 0.427. The fourth-order valence-electron chi connectivity index (χ4n) is 6.13. The number of nitrogens with zero attached hydrogens (tertiary/aromatic N) is 2. The van der Waals surface area contributed by atoms with Gasteiger partial charge < -0.3 is 10.4 Å². The Morgan fingerprint density at radius 1 is 0.800 bits per heavy atom. The van der Waals surface area contributed by atoms with Gasteiger partial charge in [-0.15, -0.1) is 0 Å². The third-order valence-electron chi connectivity index (χ3n) is 6.10. The minimum Gasteiger partial charge on any atom is -0.411 e. The molecule has 5 aliphatic rings. The van der Waals surface area contributed by atoms with Gasteiger partial charge in [0.15, 0.2) is 0 Å². The van der Waals surface area contributed by atoms with Gasteiger partial charge in [0.1, 0.15) is 0 Å². The molecule has 5 saturated carbocycles. The average Bonchev–Trinajstić information content (AvgIpc) is 2.73. The van der Waals surface area contributed by atoms with Crippen LogP contribution in [0.15, 0.2) is 10.3 Å². The van der Waals surface area contributed by atoms with E-state index in [1.54, 1.807) is 0 Å². The average molecular weight is 204 g/mol. The minimum absolute atomic E-state index is 0.427. The van der Waals surface area contributed by atoms with Crippen molar-refractivity contribution in [2.24, 2.45) is 57.7 Å². The summed E-state index contributed by atoms with van der Waals surface area (Å²) in [4.78, 5) is 0. The third kappa shape index (κ3) is 0.446. The van der Waals surface area contributed by atoms with Crippen LogP contribution in [0.4, 0.5) is 0 Å². The summed E-state index contributed by atoms with van der Waals surface area (Å²) in [7, 11) is 0. The lowest BCUT2D eigenvalue weighted by atomic mass is 9.59. The molecular formula is C11H12N2O2. The van der Waals surface area contributed by atoms with Crippen LogP contribution in [0.1, 0.15) is 6.42 Å². The van der Waals surface area contributed by atoms with Gasteiger partial charge in [-0.25, -0.2) is 0 Å². The molecule has 0 unspecified atom stereocenters. The van der Waals surface area contributed by atoms with Crippen LogP contribution >= 0.6 is 0 Å². The highest BCUT2D eigenvalue weighted by Crippen LogP contribution is 2.80. The SMILES string of the molecule is O/N=C1\[C@@H]2[C@H]3/C(=N/O)[C@@H]4[C@H]5C[C@@H]([C@H]14)[C@@H]2[C@H]53. The smallest absolute Gasteiger partial charge is 0.0651 e. The van der Waals surface area contributed by atoms with Crippen molar-refractivity contribution in [3.05, 3.63) is 0 Å². The Bertz CT molecular complexity index is 400. The van der Waals surface area contributed by atoms with E-state index in [1.165, 1.54) is 6.42 Å². The first-order chi connectivity index (χ1) is 7.38. The molecule has 0 radical (unpaired) electrons. The van der Waals surface area contributed by atoms with Gasteiger partial charge in [0.2, 0.25) is 0 Å². The number of oxime groups is 2. The fraction of sp³-hybridized carbons (Fsp3) is 0.818. The van der Waals surface area contributed by atoms with Gasteiger partial charge in [0.05, 0.1) is 11.4 Å². The summed E-state index contributed by atoms with van der Waals surface area (Å²) in [5.41, 5.74) is 2.09. The highest BCUT2D eigenvalue weighted by Gasteiger charge is 2.82. The molecule has 0 spiro atoms. The molecule has 5 fully saturated rings. The van der Waals surface area contributed by atoms with E-state index < -0.39 is 0 Å². The van der Waals surface area contributed by atoms with Crippen molar-refractivity contribution in [3.8, 4) is 0 Å². The zero-order chi connectivity index (χ0) is 9.89. The van der Waals surface area contributed by atoms with Gasteiger partial charge in [-0.3, -0.25) is 0 Å². The van der Waals surface area contributed by atoms with Crippen LogP contribution in [0.25, 0.3) is 0 Å².